The van der Waals surface area contributed by atoms with Crippen molar-refractivity contribution >= 4 is 5.97 Å². The molecule has 1 aliphatic rings. The Bertz CT molecular complexity index is 365. The molecular formula is C17H32O6. The summed E-state index contributed by atoms with van der Waals surface area (Å²) in [4.78, 5) is 11.6. The number of hydrogen-bond donors (Lipinski definition) is 2. The lowest BCUT2D eigenvalue weighted by molar-refractivity contribution is -0.273. The molecule has 0 saturated carbocycles. The molecule has 1 aliphatic heterocycles. The summed E-state index contributed by atoms with van der Waals surface area (Å²) in [7, 11) is 0. The second-order valence-electron chi connectivity index (χ2n) is 7.36. The van der Waals surface area contributed by atoms with Crippen LogP contribution in [-0.2, 0) is 19.0 Å². The third-order valence-electron chi connectivity index (χ3n) is 3.72. The maximum Gasteiger partial charge on any atom is 0.306 e. The molecule has 0 aromatic carbocycles. The van der Waals surface area contributed by atoms with Gasteiger partial charge in [-0.1, -0.05) is 6.42 Å². The van der Waals surface area contributed by atoms with Gasteiger partial charge in [-0.2, -0.15) is 0 Å². The fourth-order valence-corrected chi connectivity index (χ4v) is 2.46. The fourth-order valence-electron chi connectivity index (χ4n) is 2.46. The number of unbranched alkanes of at least 4 members (excludes halogenated alkanes) is 1. The highest BCUT2D eigenvalue weighted by molar-refractivity contribution is 5.69. The zero-order valence-electron chi connectivity index (χ0n) is 14.9. The molecule has 23 heavy (non-hydrogen) atoms. The molecule has 0 spiro atoms. The van der Waals surface area contributed by atoms with E-state index in [4.69, 9.17) is 14.2 Å². The average molecular weight is 332 g/mol. The van der Waals surface area contributed by atoms with E-state index in [-0.39, 0.29) is 24.6 Å². The lowest BCUT2D eigenvalue weighted by Gasteiger charge is -2.36. The van der Waals surface area contributed by atoms with Crippen LogP contribution in [-0.4, -0.2) is 52.5 Å². The van der Waals surface area contributed by atoms with Gasteiger partial charge >= 0.3 is 5.97 Å². The summed E-state index contributed by atoms with van der Waals surface area (Å²) in [6.45, 7) is 9.24. The van der Waals surface area contributed by atoms with Crippen molar-refractivity contribution in [3.8, 4) is 0 Å². The maximum atomic E-state index is 11.6. The number of carbonyl (C=O) groups excluding carboxylic acids is 1. The van der Waals surface area contributed by atoms with Crippen LogP contribution in [0.25, 0.3) is 0 Å². The molecule has 6 heteroatoms. The summed E-state index contributed by atoms with van der Waals surface area (Å²) in [5, 5.41) is 19.5. The fraction of sp³-hybridized carbons (Fsp3) is 0.941. The van der Waals surface area contributed by atoms with Crippen LogP contribution in [0, 0.1) is 0 Å². The summed E-state index contributed by atoms with van der Waals surface area (Å²) < 4.78 is 16.5. The van der Waals surface area contributed by atoms with E-state index in [1.165, 1.54) is 0 Å². The molecular weight excluding hydrogens is 300 g/mol. The van der Waals surface area contributed by atoms with Gasteiger partial charge in [0.15, 0.2) is 6.29 Å². The number of ether oxygens (including phenoxy) is 3. The first-order valence-electron chi connectivity index (χ1n) is 8.47. The minimum Gasteiger partial charge on any atom is -0.460 e. The Morgan fingerprint density at radius 1 is 1.26 bits per heavy atom. The summed E-state index contributed by atoms with van der Waals surface area (Å²) in [5.41, 5.74) is -0.441. The number of hydrogen-bond acceptors (Lipinski definition) is 6. The van der Waals surface area contributed by atoms with Crippen molar-refractivity contribution in [1.82, 2.24) is 0 Å². The summed E-state index contributed by atoms with van der Waals surface area (Å²) in [6.07, 6.45) is 0.402. The summed E-state index contributed by atoms with van der Waals surface area (Å²) in [5.74, 6) is -0.181. The molecule has 1 saturated heterocycles. The van der Waals surface area contributed by atoms with Gasteiger partial charge in [-0.25, -0.2) is 0 Å². The van der Waals surface area contributed by atoms with Gasteiger partial charge in [0, 0.05) is 12.8 Å². The highest BCUT2D eigenvalue weighted by atomic mass is 16.7. The Balaban J connectivity index is 2.19. The van der Waals surface area contributed by atoms with Gasteiger partial charge in [0.05, 0.1) is 18.3 Å². The minimum atomic E-state index is -0.814. The van der Waals surface area contributed by atoms with Crippen LogP contribution in [0.15, 0.2) is 0 Å². The highest BCUT2D eigenvalue weighted by Gasteiger charge is 2.35. The molecule has 0 aromatic heterocycles. The van der Waals surface area contributed by atoms with E-state index in [1.54, 1.807) is 6.92 Å². The molecule has 0 bridgehead atoms. The number of aliphatic hydroxyl groups excluding tert-OH is 2. The monoisotopic (exact) mass is 332 g/mol. The number of esters is 1. The normalized spacial score (nSPS) is 30.0. The molecule has 1 rings (SSSR count). The highest BCUT2D eigenvalue weighted by Crippen LogP contribution is 2.23. The Labute approximate surface area is 139 Å². The Morgan fingerprint density at radius 3 is 2.52 bits per heavy atom. The van der Waals surface area contributed by atoms with Gasteiger partial charge < -0.3 is 24.4 Å². The number of carbonyl (C=O) groups is 1. The molecule has 6 nitrogen and oxygen atoms in total. The molecule has 4 unspecified atom stereocenters. The van der Waals surface area contributed by atoms with Crippen LogP contribution >= 0.6 is 0 Å². The standard InChI is InChI=1S/C17H32O6/c1-11(8-6-7-9-15(20)23-17(3,4)5)21-16-14(19)10-13(18)12(2)22-16/h11-14,16,18-19H,6-10H2,1-5H3/t11-,12?,13?,14?,16?/m1/s1. The van der Waals surface area contributed by atoms with Crippen LogP contribution in [0.3, 0.4) is 0 Å². The van der Waals surface area contributed by atoms with E-state index in [1.807, 2.05) is 27.7 Å². The van der Waals surface area contributed by atoms with Crippen LogP contribution in [0.5, 0.6) is 0 Å². The second kappa shape index (κ2) is 8.97. The Morgan fingerprint density at radius 2 is 1.91 bits per heavy atom. The maximum absolute atomic E-state index is 11.6. The molecule has 136 valence electrons. The Kier molecular flexibility index (Phi) is 7.94. The molecule has 1 fully saturated rings. The summed E-state index contributed by atoms with van der Waals surface area (Å²) in [6, 6.07) is 0. The van der Waals surface area contributed by atoms with E-state index < -0.39 is 24.1 Å². The topological polar surface area (TPSA) is 85.2 Å². The number of rotatable bonds is 7. The first-order chi connectivity index (χ1) is 10.6. The largest absolute Gasteiger partial charge is 0.460 e. The first kappa shape index (κ1) is 20.4. The second-order valence-corrected chi connectivity index (χ2v) is 7.36. The van der Waals surface area contributed by atoms with E-state index in [2.05, 4.69) is 0 Å². The zero-order chi connectivity index (χ0) is 17.6. The molecule has 0 amide bonds. The quantitative estimate of drug-likeness (QED) is 0.549. The minimum absolute atomic E-state index is 0.0873. The zero-order valence-corrected chi connectivity index (χ0v) is 14.9. The third-order valence-corrected chi connectivity index (χ3v) is 3.72. The van der Waals surface area contributed by atoms with Crippen molar-refractivity contribution < 1.29 is 29.2 Å². The molecule has 0 radical (unpaired) electrons. The lowest BCUT2D eigenvalue weighted by Crippen LogP contribution is -2.48. The summed E-state index contributed by atoms with van der Waals surface area (Å²) >= 11 is 0. The van der Waals surface area contributed by atoms with Gasteiger partial charge in [-0.05, 0) is 47.5 Å². The Hall–Kier alpha value is -0.690. The molecule has 2 N–H and O–H groups in total. The SMILES string of the molecule is CC1OC(O[C@H](C)CCCCC(=O)OC(C)(C)C)C(O)CC1O. The van der Waals surface area contributed by atoms with Crippen molar-refractivity contribution in [2.75, 3.05) is 0 Å². The van der Waals surface area contributed by atoms with Crippen molar-refractivity contribution in [1.29, 1.82) is 0 Å². The van der Waals surface area contributed by atoms with Crippen LogP contribution in [0.4, 0.5) is 0 Å². The van der Waals surface area contributed by atoms with Crippen LogP contribution in [0.1, 0.15) is 66.7 Å². The van der Waals surface area contributed by atoms with Crippen molar-refractivity contribution in [3.05, 3.63) is 0 Å². The van der Waals surface area contributed by atoms with Crippen molar-refractivity contribution in [2.45, 2.75) is 103 Å². The van der Waals surface area contributed by atoms with E-state index >= 15 is 0 Å². The molecule has 0 aliphatic carbocycles. The van der Waals surface area contributed by atoms with Gasteiger partial charge in [-0.3, -0.25) is 4.79 Å². The third kappa shape index (κ3) is 8.11. The molecule has 5 atom stereocenters. The van der Waals surface area contributed by atoms with Gasteiger partial charge in [0.2, 0.25) is 0 Å². The average Bonchev–Trinajstić information content (AvgIpc) is 2.39. The van der Waals surface area contributed by atoms with E-state index in [0.717, 1.165) is 19.3 Å². The van der Waals surface area contributed by atoms with Crippen molar-refractivity contribution in [2.24, 2.45) is 0 Å². The van der Waals surface area contributed by atoms with Gasteiger partial charge in [0.1, 0.15) is 11.7 Å². The predicted molar refractivity (Wildman–Crippen MR) is 85.8 cm³/mol. The first-order valence-corrected chi connectivity index (χ1v) is 8.47. The predicted octanol–water partition coefficient (Wildman–Crippen LogP) is 2.15. The number of aliphatic hydroxyl groups is 2. The van der Waals surface area contributed by atoms with E-state index in [0.29, 0.717) is 6.42 Å². The van der Waals surface area contributed by atoms with Crippen LogP contribution in [0.2, 0.25) is 0 Å². The van der Waals surface area contributed by atoms with Gasteiger partial charge in [-0.15, -0.1) is 0 Å². The van der Waals surface area contributed by atoms with Crippen LogP contribution < -0.4 is 0 Å². The molecule has 1 heterocycles. The molecule has 0 aromatic rings. The lowest BCUT2D eigenvalue weighted by atomic mass is 10.0. The van der Waals surface area contributed by atoms with Crippen molar-refractivity contribution in [3.63, 3.8) is 0 Å². The smallest absolute Gasteiger partial charge is 0.306 e. The van der Waals surface area contributed by atoms with E-state index in [9.17, 15) is 15.0 Å². The van der Waals surface area contributed by atoms with Gasteiger partial charge in [0.25, 0.3) is 0 Å².